The molecule has 4 N–H and O–H groups in total. The van der Waals surface area contributed by atoms with E-state index in [0.717, 1.165) is 31.9 Å². The topological polar surface area (TPSA) is 124 Å². The van der Waals surface area contributed by atoms with E-state index in [-0.39, 0.29) is 46.9 Å². The summed E-state index contributed by atoms with van der Waals surface area (Å²) in [5.41, 5.74) is 7.33. The van der Waals surface area contributed by atoms with Gasteiger partial charge in [-0.15, -0.1) is 0 Å². The standard InChI is InChI=1S/C19H23F3N6O2S/c20-19(21,22)31-16-4-2-1-3-13(16)11-27(10-12-5-7-14(23)8-6-12)18-25-9-15(28(29)30)17(24)26-18/h1-4,9,12,14H,5-8,10-11,23H2,(H2,24,25,26). The van der Waals surface area contributed by atoms with Gasteiger partial charge in [-0.25, -0.2) is 4.98 Å². The zero-order chi connectivity index (χ0) is 22.6. The number of nitrogens with two attached hydrogens (primary N) is 2. The number of benzene rings is 1. The van der Waals surface area contributed by atoms with Crippen molar-refractivity contribution < 1.29 is 18.1 Å². The number of thioether (sulfide) groups is 1. The highest BCUT2D eigenvalue weighted by Gasteiger charge is 2.31. The van der Waals surface area contributed by atoms with Crippen LogP contribution < -0.4 is 16.4 Å². The molecule has 1 aliphatic rings. The average molecular weight is 456 g/mol. The van der Waals surface area contributed by atoms with Crippen molar-refractivity contribution in [2.24, 2.45) is 11.7 Å². The molecule has 8 nitrogen and oxygen atoms in total. The summed E-state index contributed by atoms with van der Waals surface area (Å²) in [5, 5.41) is 11.0. The Kier molecular flexibility index (Phi) is 7.21. The highest BCUT2D eigenvalue weighted by atomic mass is 32.2. The van der Waals surface area contributed by atoms with E-state index in [0.29, 0.717) is 12.1 Å². The van der Waals surface area contributed by atoms with Crippen LogP contribution in [0.5, 0.6) is 0 Å². The Labute approximate surface area is 181 Å². The van der Waals surface area contributed by atoms with Crippen LogP contribution in [-0.2, 0) is 6.54 Å². The molecule has 12 heteroatoms. The second-order valence-corrected chi connectivity index (χ2v) is 8.62. The number of anilines is 2. The predicted molar refractivity (Wildman–Crippen MR) is 112 cm³/mol. The zero-order valence-electron chi connectivity index (χ0n) is 16.6. The first-order chi connectivity index (χ1) is 14.6. The summed E-state index contributed by atoms with van der Waals surface area (Å²) in [4.78, 5) is 20.3. The Bertz CT molecular complexity index is 922. The second kappa shape index (κ2) is 9.69. The van der Waals surface area contributed by atoms with Crippen LogP contribution in [0.3, 0.4) is 0 Å². The van der Waals surface area contributed by atoms with Crippen molar-refractivity contribution in [3.8, 4) is 0 Å². The molecule has 1 aromatic carbocycles. The molecule has 1 aromatic heterocycles. The summed E-state index contributed by atoms with van der Waals surface area (Å²) < 4.78 is 39.0. The molecule has 1 heterocycles. The normalized spacial score (nSPS) is 19.2. The number of hydrogen-bond acceptors (Lipinski definition) is 8. The van der Waals surface area contributed by atoms with E-state index in [4.69, 9.17) is 11.5 Å². The van der Waals surface area contributed by atoms with Gasteiger partial charge in [0.05, 0.1) is 4.92 Å². The number of nitro groups is 1. The van der Waals surface area contributed by atoms with Crippen molar-refractivity contribution >= 4 is 29.2 Å². The summed E-state index contributed by atoms with van der Waals surface area (Å²) in [6.07, 6.45) is 4.50. The maximum atomic E-state index is 13.0. The lowest BCUT2D eigenvalue weighted by atomic mass is 9.86. The Morgan fingerprint density at radius 3 is 2.52 bits per heavy atom. The SMILES string of the molecule is Nc1nc(N(Cc2ccccc2SC(F)(F)F)CC2CCC(N)CC2)ncc1[N+](=O)[O-]. The molecular formula is C19H23F3N6O2S. The van der Waals surface area contributed by atoms with Crippen LogP contribution in [0.2, 0.25) is 0 Å². The molecule has 0 amide bonds. The van der Waals surface area contributed by atoms with Gasteiger partial charge in [0, 0.05) is 24.0 Å². The van der Waals surface area contributed by atoms with Gasteiger partial charge in [0.25, 0.3) is 0 Å². The molecule has 0 bridgehead atoms. The van der Waals surface area contributed by atoms with Gasteiger partial charge in [-0.05, 0) is 55.0 Å². The molecule has 0 saturated heterocycles. The first-order valence-electron chi connectivity index (χ1n) is 9.73. The van der Waals surface area contributed by atoms with Gasteiger partial charge in [-0.1, -0.05) is 18.2 Å². The maximum absolute atomic E-state index is 13.0. The van der Waals surface area contributed by atoms with Crippen molar-refractivity contribution in [1.29, 1.82) is 0 Å². The number of halogens is 3. The molecule has 1 saturated carbocycles. The van der Waals surface area contributed by atoms with Gasteiger partial charge in [-0.2, -0.15) is 18.2 Å². The molecule has 0 atom stereocenters. The molecule has 0 aliphatic heterocycles. The molecule has 2 aromatic rings. The van der Waals surface area contributed by atoms with Crippen molar-refractivity contribution in [1.82, 2.24) is 9.97 Å². The first kappa shape index (κ1) is 23.1. The number of alkyl halides is 3. The summed E-state index contributed by atoms with van der Waals surface area (Å²) in [5.74, 6) is 0.107. The van der Waals surface area contributed by atoms with Crippen molar-refractivity contribution in [2.75, 3.05) is 17.2 Å². The molecule has 168 valence electrons. The van der Waals surface area contributed by atoms with E-state index in [1.165, 1.54) is 6.07 Å². The van der Waals surface area contributed by atoms with Crippen LogP contribution in [0, 0.1) is 16.0 Å². The monoisotopic (exact) mass is 456 g/mol. The lowest BCUT2D eigenvalue weighted by molar-refractivity contribution is -0.384. The van der Waals surface area contributed by atoms with Crippen molar-refractivity contribution in [3.05, 3.63) is 46.1 Å². The van der Waals surface area contributed by atoms with Crippen LogP contribution in [0.15, 0.2) is 35.4 Å². The molecule has 1 aliphatic carbocycles. The third-order valence-corrected chi connectivity index (χ3v) is 6.04. The van der Waals surface area contributed by atoms with E-state index < -0.39 is 16.1 Å². The smallest absolute Gasteiger partial charge is 0.378 e. The largest absolute Gasteiger partial charge is 0.446 e. The highest BCUT2D eigenvalue weighted by molar-refractivity contribution is 8.00. The molecule has 1 fully saturated rings. The molecule has 0 unspecified atom stereocenters. The van der Waals surface area contributed by atoms with E-state index >= 15 is 0 Å². The summed E-state index contributed by atoms with van der Waals surface area (Å²) in [6, 6.07) is 6.40. The zero-order valence-corrected chi connectivity index (χ0v) is 17.4. The van der Waals surface area contributed by atoms with Gasteiger partial charge in [-0.3, -0.25) is 10.1 Å². The van der Waals surface area contributed by atoms with Gasteiger partial charge in [0.1, 0.15) is 6.20 Å². The minimum Gasteiger partial charge on any atom is -0.378 e. The number of nitrogens with zero attached hydrogens (tertiary/aromatic N) is 4. The fourth-order valence-corrected chi connectivity index (χ4v) is 4.30. The van der Waals surface area contributed by atoms with E-state index in [1.54, 1.807) is 23.1 Å². The van der Waals surface area contributed by atoms with Crippen LogP contribution in [-0.4, -0.2) is 33.0 Å². The maximum Gasteiger partial charge on any atom is 0.446 e. The fraction of sp³-hybridized carbons (Fsp3) is 0.474. The Morgan fingerprint density at radius 2 is 1.90 bits per heavy atom. The van der Waals surface area contributed by atoms with Crippen LogP contribution in [0.25, 0.3) is 0 Å². The number of aromatic nitrogens is 2. The van der Waals surface area contributed by atoms with Crippen LogP contribution in [0.4, 0.5) is 30.6 Å². The van der Waals surface area contributed by atoms with E-state index in [2.05, 4.69) is 9.97 Å². The van der Waals surface area contributed by atoms with Gasteiger partial charge < -0.3 is 16.4 Å². The van der Waals surface area contributed by atoms with Gasteiger partial charge in [0.2, 0.25) is 11.8 Å². The predicted octanol–water partition coefficient (Wildman–Crippen LogP) is 4.10. The molecule has 31 heavy (non-hydrogen) atoms. The lowest BCUT2D eigenvalue weighted by Crippen LogP contribution is -2.35. The summed E-state index contributed by atoms with van der Waals surface area (Å²) in [6.45, 7) is 0.591. The van der Waals surface area contributed by atoms with Crippen molar-refractivity contribution in [2.45, 2.75) is 48.7 Å². The summed E-state index contributed by atoms with van der Waals surface area (Å²) >= 11 is -0.178. The van der Waals surface area contributed by atoms with Crippen LogP contribution >= 0.6 is 11.8 Å². The van der Waals surface area contributed by atoms with E-state index in [9.17, 15) is 23.3 Å². The van der Waals surface area contributed by atoms with Crippen molar-refractivity contribution in [3.63, 3.8) is 0 Å². The average Bonchev–Trinajstić information content (AvgIpc) is 2.69. The number of nitrogen functional groups attached to an aromatic ring is 1. The minimum absolute atomic E-state index is 0.0838. The molecular weight excluding hydrogens is 433 g/mol. The molecule has 0 radical (unpaired) electrons. The first-order valence-corrected chi connectivity index (χ1v) is 10.5. The Hall–Kier alpha value is -2.60. The number of hydrogen-bond donors (Lipinski definition) is 2. The molecule has 3 rings (SSSR count). The van der Waals surface area contributed by atoms with Crippen LogP contribution in [0.1, 0.15) is 31.2 Å². The lowest BCUT2D eigenvalue weighted by Gasteiger charge is -2.32. The quantitative estimate of drug-likeness (QED) is 0.362. The Morgan fingerprint density at radius 1 is 1.23 bits per heavy atom. The third kappa shape index (κ3) is 6.44. The van der Waals surface area contributed by atoms with Gasteiger partial charge >= 0.3 is 11.2 Å². The third-order valence-electron chi connectivity index (χ3n) is 5.19. The fourth-order valence-electron chi connectivity index (χ4n) is 3.64. The molecule has 0 spiro atoms. The Balaban J connectivity index is 1.90. The minimum atomic E-state index is -4.42. The number of rotatable bonds is 7. The van der Waals surface area contributed by atoms with E-state index in [1.807, 2.05) is 0 Å². The second-order valence-electron chi connectivity index (χ2n) is 7.51. The van der Waals surface area contributed by atoms with Gasteiger partial charge in [0.15, 0.2) is 0 Å². The summed E-state index contributed by atoms with van der Waals surface area (Å²) in [7, 11) is 0. The highest BCUT2D eigenvalue weighted by Crippen LogP contribution is 2.39.